The lowest BCUT2D eigenvalue weighted by molar-refractivity contribution is -0.136. The van der Waals surface area contributed by atoms with Crippen LogP contribution < -0.4 is 9.74 Å². The molecule has 1 N–H and O–H groups in total. The van der Waals surface area contributed by atoms with Crippen LogP contribution in [0.1, 0.15) is 39.1 Å². The largest absolute Gasteiger partial charge is 0.295 e. The van der Waals surface area contributed by atoms with Gasteiger partial charge in [-0.15, -0.1) is 0 Å². The van der Waals surface area contributed by atoms with Crippen LogP contribution in [-0.4, -0.2) is 34.6 Å². The van der Waals surface area contributed by atoms with Crippen molar-refractivity contribution in [3.63, 3.8) is 0 Å². The van der Waals surface area contributed by atoms with Gasteiger partial charge in [-0.3, -0.25) is 33.8 Å². The van der Waals surface area contributed by atoms with Gasteiger partial charge in [-0.2, -0.15) is 0 Å². The van der Waals surface area contributed by atoms with Crippen molar-refractivity contribution in [2.24, 2.45) is 0 Å². The minimum Gasteiger partial charge on any atom is -0.295 e. The van der Waals surface area contributed by atoms with E-state index >= 15 is 0 Å². The van der Waals surface area contributed by atoms with Crippen LogP contribution >= 0.6 is 11.8 Å². The highest BCUT2D eigenvalue weighted by Gasteiger charge is 2.46. The third-order valence-corrected chi connectivity index (χ3v) is 5.17. The van der Waals surface area contributed by atoms with Crippen LogP contribution in [0.3, 0.4) is 0 Å². The van der Waals surface area contributed by atoms with E-state index in [0.29, 0.717) is 12.2 Å². The molecule has 8 heteroatoms. The fourth-order valence-electron chi connectivity index (χ4n) is 3.53. The molecule has 1 fully saturated rings. The van der Waals surface area contributed by atoms with Crippen molar-refractivity contribution in [1.82, 2.24) is 10.2 Å². The molecule has 0 spiro atoms. The normalized spacial score (nSPS) is 18.9. The van der Waals surface area contributed by atoms with Crippen molar-refractivity contribution in [1.29, 1.82) is 0 Å². The van der Waals surface area contributed by atoms with Gasteiger partial charge in [0, 0.05) is 18.2 Å². The summed E-state index contributed by atoms with van der Waals surface area (Å²) in [6, 6.07) is 13.3. The van der Waals surface area contributed by atoms with Crippen molar-refractivity contribution in [3.8, 4) is 0 Å². The fraction of sp³-hybridized carbons (Fsp3) is 0.200. The number of anilines is 1. The van der Waals surface area contributed by atoms with Gasteiger partial charge in [0.1, 0.15) is 6.04 Å². The lowest BCUT2D eigenvalue weighted by Gasteiger charge is -2.28. The standard InChI is InChI=1S/C20H16ClN3O4/c21-23(11-12-5-2-1-3-6-12)14-8-4-7-13-17(14)20(28)24(19(13)27)15-9-10-16(25)22-18(15)26/h1-8,15H,9-11H2,(H,22,25,26). The molecule has 0 saturated carbocycles. The molecule has 1 unspecified atom stereocenters. The number of piperidine rings is 1. The van der Waals surface area contributed by atoms with E-state index in [1.807, 2.05) is 30.3 Å². The summed E-state index contributed by atoms with van der Waals surface area (Å²) in [5.74, 6) is -2.18. The van der Waals surface area contributed by atoms with Gasteiger partial charge in [0.2, 0.25) is 11.8 Å². The Bertz CT molecular complexity index is 992. The van der Waals surface area contributed by atoms with Crippen molar-refractivity contribution in [2.75, 3.05) is 4.42 Å². The molecule has 0 aromatic heterocycles. The first-order valence-corrected chi connectivity index (χ1v) is 9.13. The Hall–Kier alpha value is -3.19. The topological polar surface area (TPSA) is 86.8 Å². The number of rotatable bonds is 4. The molecule has 4 amide bonds. The van der Waals surface area contributed by atoms with Crippen LogP contribution in [0.15, 0.2) is 48.5 Å². The number of imide groups is 2. The number of amides is 4. The first-order valence-electron chi connectivity index (χ1n) is 8.79. The number of nitrogens with one attached hydrogen (secondary N) is 1. The molecule has 28 heavy (non-hydrogen) atoms. The first-order chi connectivity index (χ1) is 13.5. The number of benzene rings is 2. The lowest BCUT2D eigenvalue weighted by Crippen LogP contribution is -2.54. The molecule has 7 nitrogen and oxygen atoms in total. The van der Waals surface area contributed by atoms with E-state index in [-0.39, 0.29) is 24.0 Å². The summed E-state index contributed by atoms with van der Waals surface area (Å²) in [6.45, 7) is 0.332. The van der Waals surface area contributed by atoms with Gasteiger partial charge in [-0.25, -0.2) is 0 Å². The second-order valence-electron chi connectivity index (χ2n) is 6.65. The Balaban J connectivity index is 1.66. The predicted molar refractivity (Wildman–Crippen MR) is 102 cm³/mol. The van der Waals surface area contributed by atoms with E-state index in [1.54, 1.807) is 12.1 Å². The smallest absolute Gasteiger partial charge is 0.264 e. The maximum atomic E-state index is 13.1. The molecular weight excluding hydrogens is 382 g/mol. The fourth-order valence-corrected chi connectivity index (χ4v) is 3.81. The summed E-state index contributed by atoms with van der Waals surface area (Å²) in [4.78, 5) is 50.4. The molecule has 1 saturated heterocycles. The van der Waals surface area contributed by atoms with E-state index in [0.717, 1.165) is 10.5 Å². The molecule has 2 aliphatic heterocycles. The molecule has 142 valence electrons. The van der Waals surface area contributed by atoms with Crippen LogP contribution in [-0.2, 0) is 16.1 Å². The van der Waals surface area contributed by atoms with E-state index in [1.165, 1.54) is 10.5 Å². The summed E-state index contributed by atoms with van der Waals surface area (Å²) in [5.41, 5.74) is 1.71. The number of hydrogen-bond acceptors (Lipinski definition) is 5. The molecule has 0 radical (unpaired) electrons. The van der Waals surface area contributed by atoms with Crippen molar-refractivity contribution in [3.05, 3.63) is 65.2 Å². The molecule has 2 aromatic rings. The number of fused-ring (bicyclic) bond motifs is 1. The molecule has 2 aliphatic rings. The van der Waals surface area contributed by atoms with Crippen LogP contribution in [0.4, 0.5) is 5.69 Å². The summed E-state index contributed by atoms with van der Waals surface area (Å²) >= 11 is 6.45. The zero-order valence-electron chi connectivity index (χ0n) is 14.7. The Morgan fingerprint density at radius 1 is 1.00 bits per heavy atom. The van der Waals surface area contributed by atoms with Crippen molar-refractivity contribution in [2.45, 2.75) is 25.4 Å². The SMILES string of the molecule is O=C1CCC(N2C(=O)c3cccc(N(Cl)Cc4ccccc4)c3C2=O)C(=O)N1. The number of hydrogen-bond donors (Lipinski definition) is 1. The minimum atomic E-state index is -1.00. The molecule has 0 bridgehead atoms. The third-order valence-electron chi connectivity index (χ3n) is 4.87. The Morgan fingerprint density at radius 2 is 1.75 bits per heavy atom. The van der Waals surface area contributed by atoms with Gasteiger partial charge >= 0.3 is 0 Å². The Labute approximate surface area is 166 Å². The average molecular weight is 398 g/mol. The molecule has 2 heterocycles. The predicted octanol–water partition coefficient (Wildman–Crippen LogP) is 2.25. The highest BCUT2D eigenvalue weighted by Crippen LogP contribution is 2.35. The first kappa shape index (κ1) is 18.2. The highest BCUT2D eigenvalue weighted by molar-refractivity contribution is 6.30. The molecule has 0 aliphatic carbocycles. The van der Waals surface area contributed by atoms with E-state index in [9.17, 15) is 19.2 Å². The molecule has 2 aromatic carbocycles. The third kappa shape index (κ3) is 3.03. The van der Waals surface area contributed by atoms with Crippen molar-refractivity contribution >= 4 is 41.1 Å². The van der Waals surface area contributed by atoms with Crippen LogP contribution in [0, 0.1) is 0 Å². The zero-order valence-corrected chi connectivity index (χ0v) is 15.5. The summed E-state index contributed by atoms with van der Waals surface area (Å²) < 4.78 is 1.38. The Morgan fingerprint density at radius 3 is 2.46 bits per heavy atom. The molecule has 4 rings (SSSR count). The van der Waals surface area contributed by atoms with Gasteiger partial charge < -0.3 is 0 Å². The zero-order chi connectivity index (χ0) is 19.8. The van der Waals surface area contributed by atoms with Gasteiger partial charge in [-0.05, 0) is 24.1 Å². The average Bonchev–Trinajstić information content (AvgIpc) is 2.94. The number of carbonyl (C=O) groups excluding carboxylic acids is 4. The van der Waals surface area contributed by atoms with E-state index in [4.69, 9.17) is 11.8 Å². The molecular formula is C20H16ClN3O4. The summed E-state index contributed by atoms with van der Waals surface area (Å²) in [7, 11) is 0. The summed E-state index contributed by atoms with van der Waals surface area (Å²) in [6.07, 6.45) is 0.187. The van der Waals surface area contributed by atoms with E-state index < -0.39 is 29.7 Å². The quantitative estimate of drug-likeness (QED) is 0.631. The van der Waals surface area contributed by atoms with Gasteiger partial charge in [-0.1, -0.05) is 36.4 Å². The van der Waals surface area contributed by atoms with E-state index in [2.05, 4.69) is 5.32 Å². The van der Waals surface area contributed by atoms with Crippen LogP contribution in [0.2, 0.25) is 0 Å². The number of halogens is 1. The second kappa shape index (κ2) is 7.09. The lowest BCUT2D eigenvalue weighted by atomic mass is 10.0. The number of nitrogens with zero attached hydrogens (tertiary/aromatic N) is 2. The monoisotopic (exact) mass is 397 g/mol. The minimum absolute atomic E-state index is 0.0757. The highest BCUT2D eigenvalue weighted by atomic mass is 35.5. The maximum absolute atomic E-state index is 13.1. The molecule has 1 atom stereocenters. The van der Waals surface area contributed by atoms with Gasteiger partial charge in [0.25, 0.3) is 11.8 Å². The van der Waals surface area contributed by atoms with Crippen LogP contribution in [0.25, 0.3) is 0 Å². The number of carbonyl (C=O) groups is 4. The second-order valence-corrected chi connectivity index (χ2v) is 7.06. The summed E-state index contributed by atoms with van der Waals surface area (Å²) in [5, 5.41) is 2.18. The maximum Gasteiger partial charge on any atom is 0.264 e. The van der Waals surface area contributed by atoms with Gasteiger partial charge in [0.05, 0.1) is 23.4 Å². The Kier molecular flexibility index (Phi) is 4.60. The van der Waals surface area contributed by atoms with Crippen LogP contribution in [0.5, 0.6) is 0 Å². The van der Waals surface area contributed by atoms with Gasteiger partial charge in [0.15, 0.2) is 0 Å². The van der Waals surface area contributed by atoms with Crippen molar-refractivity contribution < 1.29 is 19.2 Å².